The maximum absolute atomic E-state index is 12.6. The van der Waals surface area contributed by atoms with E-state index in [1.54, 1.807) is 11.3 Å². The molecule has 1 aliphatic heterocycles. The summed E-state index contributed by atoms with van der Waals surface area (Å²) in [5.41, 5.74) is 1.49. The second-order valence-corrected chi connectivity index (χ2v) is 9.74. The smallest absolute Gasteiger partial charge is 0.274 e. The second kappa shape index (κ2) is 6.98. The Balaban J connectivity index is 1.56. The number of aromatic nitrogens is 2. The van der Waals surface area contributed by atoms with Gasteiger partial charge >= 0.3 is 0 Å². The van der Waals surface area contributed by atoms with Crippen LogP contribution in [-0.4, -0.2) is 52.1 Å². The standard InChI is InChI=1S/C17H23BrN4OS/c1-17(2,3)14-10-13(19-20-14)16(23)22-8-6-21(7-9-22)11-12-4-5-15(18)24-12/h4-5,10H,6-9,11H2,1-3H3,(H,19,20). The van der Waals surface area contributed by atoms with Gasteiger partial charge in [0.15, 0.2) is 0 Å². The van der Waals surface area contributed by atoms with E-state index in [9.17, 15) is 4.79 Å². The van der Waals surface area contributed by atoms with Crippen molar-refractivity contribution >= 4 is 33.2 Å². The predicted molar refractivity (Wildman–Crippen MR) is 100 cm³/mol. The van der Waals surface area contributed by atoms with E-state index in [0.717, 1.165) is 38.4 Å². The van der Waals surface area contributed by atoms with Crippen molar-refractivity contribution in [2.45, 2.75) is 32.7 Å². The van der Waals surface area contributed by atoms with E-state index in [-0.39, 0.29) is 11.3 Å². The van der Waals surface area contributed by atoms with Gasteiger partial charge in [0, 0.05) is 48.7 Å². The lowest BCUT2D eigenvalue weighted by molar-refractivity contribution is 0.0624. The van der Waals surface area contributed by atoms with Crippen LogP contribution >= 0.6 is 27.3 Å². The SMILES string of the molecule is CC(C)(C)c1cc(C(=O)N2CCN(Cc3ccc(Br)s3)CC2)n[nH]1. The van der Waals surface area contributed by atoms with Crippen molar-refractivity contribution in [3.63, 3.8) is 0 Å². The molecule has 1 amide bonds. The van der Waals surface area contributed by atoms with Crippen molar-refractivity contribution in [1.29, 1.82) is 0 Å². The number of piperazine rings is 1. The summed E-state index contributed by atoms with van der Waals surface area (Å²) in [5.74, 6) is 0.0280. The molecule has 1 fully saturated rings. The number of amides is 1. The summed E-state index contributed by atoms with van der Waals surface area (Å²) in [6.07, 6.45) is 0. The molecule has 0 radical (unpaired) electrons. The van der Waals surface area contributed by atoms with Gasteiger partial charge < -0.3 is 4.90 Å². The lowest BCUT2D eigenvalue weighted by atomic mass is 9.92. The van der Waals surface area contributed by atoms with Gasteiger partial charge in [-0.25, -0.2) is 0 Å². The maximum atomic E-state index is 12.6. The fraction of sp³-hybridized carbons (Fsp3) is 0.529. The summed E-state index contributed by atoms with van der Waals surface area (Å²) >= 11 is 5.28. The topological polar surface area (TPSA) is 52.2 Å². The van der Waals surface area contributed by atoms with Crippen LogP contribution in [0.5, 0.6) is 0 Å². The van der Waals surface area contributed by atoms with Crippen LogP contribution in [0.2, 0.25) is 0 Å². The van der Waals surface area contributed by atoms with Crippen LogP contribution in [0.25, 0.3) is 0 Å². The molecule has 24 heavy (non-hydrogen) atoms. The molecule has 7 heteroatoms. The summed E-state index contributed by atoms with van der Waals surface area (Å²) in [5, 5.41) is 7.21. The van der Waals surface area contributed by atoms with Gasteiger partial charge in [0.05, 0.1) is 3.79 Å². The fourth-order valence-corrected chi connectivity index (χ4v) is 4.27. The number of hydrogen-bond acceptors (Lipinski definition) is 4. The molecule has 2 aromatic rings. The van der Waals surface area contributed by atoms with Crippen LogP contribution in [0.4, 0.5) is 0 Å². The molecule has 1 N–H and O–H groups in total. The molecular formula is C17H23BrN4OS. The Kier molecular flexibility index (Phi) is 5.13. The maximum Gasteiger partial charge on any atom is 0.274 e. The number of hydrogen-bond donors (Lipinski definition) is 1. The number of halogens is 1. The lowest BCUT2D eigenvalue weighted by Crippen LogP contribution is -2.48. The van der Waals surface area contributed by atoms with E-state index < -0.39 is 0 Å². The number of carbonyl (C=O) groups excluding carboxylic acids is 1. The number of H-pyrrole nitrogens is 1. The Labute approximate surface area is 155 Å². The monoisotopic (exact) mass is 410 g/mol. The molecule has 0 aliphatic carbocycles. The molecule has 5 nitrogen and oxygen atoms in total. The molecule has 2 aromatic heterocycles. The van der Waals surface area contributed by atoms with Crippen LogP contribution in [0.1, 0.15) is 41.8 Å². The van der Waals surface area contributed by atoms with Gasteiger partial charge in [-0.05, 0) is 34.1 Å². The van der Waals surface area contributed by atoms with E-state index in [2.05, 4.69) is 63.9 Å². The van der Waals surface area contributed by atoms with E-state index in [1.165, 1.54) is 8.66 Å². The summed E-state index contributed by atoms with van der Waals surface area (Å²) in [4.78, 5) is 18.3. The molecule has 3 rings (SSSR count). The number of aromatic amines is 1. The predicted octanol–water partition coefficient (Wildman–Crippen LogP) is 3.49. The Morgan fingerprint density at radius 1 is 1.29 bits per heavy atom. The molecular weight excluding hydrogens is 388 g/mol. The van der Waals surface area contributed by atoms with Crippen molar-refractivity contribution in [2.24, 2.45) is 0 Å². The van der Waals surface area contributed by atoms with E-state index in [4.69, 9.17) is 0 Å². The minimum absolute atomic E-state index is 0.0280. The average molecular weight is 411 g/mol. The average Bonchev–Trinajstić information content (AvgIpc) is 3.16. The number of carbonyl (C=O) groups is 1. The quantitative estimate of drug-likeness (QED) is 0.842. The molecule has 0 aromatic carbocycles. The van der Waals surface area contributed by atoms with Gasteiger partial charge in [0.2, 0.25) is 0 Å². The van der Waals surface area contributed by atoms with Crippen molar-refractivity contribution in [3.05, 3.63) is 38.3 Å². The van der Waals surface area contributed by atoms with Gasteiger partial charge in [0.25, 0.3) is 5.91 Å². The summed E-state index contributed by atoms with van der Waals surface area (Å²) in [6.45, 7) is 10.6. The third kappa shape index (κ3) is 4.07. The zero-order chi connectivity index (χ0) is 17.3. The zero-order valence-corrected chi connectivity index (χ0v) is 16.7. The second-order valence-electron chi connectivity index (χ2n) is 7.19. The highest BCUT2D eigenvalue weighted by Crippen LogP contribution is 2.24. The summed E-state index contributed by atoms with van der Waals surface area (Å²) in [7, 11) is 0. The highest BCUT2D eigenvalue weighted by Gasteiger charge is 2.25. The summed E-state index contributed by atoms with van der Waals surface area (Å²) in [6, 6.07) is 6.13. The molecule has 0 spiro atoms. The first-order valence-electron chi connectivity index (χ1n) is 8.14. The first kappa shape index (κ1) is 17.6. The first-order chi connectivity index (χ1) is 11.3. The van der Waals surface area contributed by atoms with Crippen LogP contribution in [-0.2, 0) is 12.0 Å². The van der Waals surface area contributed by atoms with Gasteiger partial charge in [-0.1, -0.05) is 20.8 Å². The molecule has 1 aliphatic rings. The molecule has 0 saturated carbocycles. The lowest BCUT2D eigenvalue weighted by Gasteiger charge is -2.34. The highest BCUT2D eigenvalue weighted by molar-refractivity contribution is 9.11. The molecule has 3 heterocycles. The van der Waals surface area contributed by atoms with Gasteiger partial charge in [-0.2, -0.15) is 5.10 Å². The van der Waals surface area contributed by atoms with Crippen LogP contribution in [0.3, 0.4) is 0 Å². The molecule has 0 bridgehead atoms. The first-order valence-corrected chi connectivity index (χ1v) is 9.75. The molecule has 1 saturated heterocycles. The van der Waals surface area contributed by atoms with Crippen molar-refractivity contribution in [2.75, 3.05) is 26.2 Å². The summed E-state index contributed by atoms with van der Waals surface area (Å²) < 4.78 is 1.17. The Morgan fingerprint density at radius 2 is 2.00 bits per heavy atom. The van der Waals surface area contributed by atoms with Gasteiger partial charge in [-0.15, -0.1) is 11.3 Å². The number of rotatable bonds is 3. The minimum Gasteiger partial charge on any atom is -0.335 e. The van der Waals surface area contributed by atoms with Crippen molar-refractivity contribution in [3.8, 4) is 0 Å². The number of thiophene rings is 1. The van der Waals surface area contributed by atoms with E-state index >= 15 is 0 Å². The third-order valence-electron chi connectivity index (χ3n) is 4.27. The van der Waals surface area contributed by atoms with Crippen molar-refractivity contribution in [1.82, 2.24) is 20.0 Å². The minimum atomic E-state index is -0.0286. The Hall–Kier alpha value is -1.18. The Morgan fingerprint density at radius 3 is 2.54 bits per heavy atom. The largest absolute Gasteiger partial charge is 0.335 e. The van der Waals surface area contributed by atoms with E-state index in [1.807, 2.05) is 11.0 Å². The van der Waals surface area contributed by atoms with Crippen LogP contribution in [0, 0.1) is 0 Å². The normalized spacial score (nSPS) is 16.6. The zero-order valence-electron chi connectivity index (χ0n) is 14.3. The molecule has 0 unspecified atom stereocenters. The molecule has 0 atom stereocenters. The number of nitrogens with one attached hydrogen (secondary N) is 1. The highest BCUT2D eigenvalue weighted by atomic mass is 79.9. The Bertz CT molecular complexity index is 710. The van der Waals surface area contributed by atoms with E-state index in [0.29, 0.717) is 5.69 Å². The van der Waals surface area contributed by atoms with Gasteiger partial charge in [0.1, 0.15) is 5.69 Å². The van der Waals surface area contributed by atoms with Gasteiger partial charge in [-0.3, -0.25) is 14.8 Å². The van der Waals surface area contributed by atoms with Crippen LogP contribution < -0.4 is 0 Å². The molecule has 130 valence electrons. The van der Waals surface area contributed by atoms with Crippen LogP contribution in [0.15, 0.2) is 22.0 Å². The number of nitrogens with zero attached hydrogens (tertiary/aromatic N) is 3. The van der Waals surface area contributed by atoms with Crippen molar-refractivity contribution < 1.29 is 4.79 Å². The fourth-order valence-electron chi connectivity index (χ4n) is 2.74. The third-order valence-corrected chi connectivity index (χ3v) is 5.88.